The van der Waals surface area contributed by atoms with E-state index in [1.54, 1.807) is 43.3 Å². The quantitative estimate of drug-likeness (QED) is 0.427. The van der Waals surface area contributed by atoms with Gasteiger partial charge in [-0.25, -0.2) is 4.68 Å². The van der Waals surface area contributed by atoms with Crippen LogP contribution in [0.3, 0.4) is 0 Å². The van der Waals surface area contributed by atoms with Crippen molar-refractivity contribution >= 4 is 29.2 Å². The first-order valence-corrected chi connectivity index (χ1v) is 10.8. The number of Topliss-reactive ketones (excluding diaryl/α,β-unsaturated/α-hetero) is 1. The molecule has 0 spiro atoms. The summed E-state index contributed by atoms with van der Waals surface area (Å²) in [6, 6.07) is 6.58. The monoisotopic (exact) mass is 481 g/mol. The Kier molecular flexibility index (Phi) is 6.99. The van der Waals surface area contributed by atoms with Crippen molar-refractivity contribution in [1.29, 1.82) is 0 Å². The topological polar surface area (TPSA) is 136 Å². The zero-order chi connectivity index (χ0) is 25.1. The second-order valence-corrected chi connectivity index (χ2v) is 7.94. The maximum atomic E-state index is 12.9. The lowest BCUT2D eigenvalue weighted by Gasteiger charge is -2.32. The number of fused-ring (bicyclic) bond motifs is 1. The molecule has 0 bridgehead atoms. The lowest BCUT2D eigenvalue weighted by Crippen LogP contribution is -2.42. The third-order valence-electron chi connectivity index (χ3n) is 5.34. The number of hydrogen-bond donors (Lipinski definition) is 0. The maximum Gasteiger partial charge on any atom is 0.303 e. The molecule has 11 nitrogen and oxygen atoms in total. The van der Waals surface area contributed by atoms with Gasteiger partial charge in [-0.1, -0.05) is 29.5 Å². The first-order valence-electron chi connectivity index (χ1n) is 10.8. The first kappa shape index (κ1) is 24.2. The number of ether oxygens (including phenoxy) is 4. The number of ketones is 2. The summed E-state index contributed by atoms with van der Waals surface area (Å²) in [5.41, 5.74) is 1.12. The van der Waals surface area contributed by atoms with Crippen LogP contribution in [0.15, 0.2) is 48.7 Å². The summed E-state index contributed by atoms with van der Waals surface area (Å²) < 4.78 is 23.2. The van der Waals surface area contributed by atoms with Gasteiger partial charge in [0.15, 0.2) is 12.1 Å². The number of esters is 2. The first-order chi connectivity index (χ1) is 16.7. The minimum absolute atomic E-state index is 0.0825. The number of carbonyl (C=O) groups excluding carboxylic acids is 4. The van der Waals surface area contributed by atoms with Gasteiger partial charge >= 0.3 is 11.9 Å². The van der Waals surface area contributed by atoms with Crippen molar-refractivity contribution in [2.24, 2.45) is 0 Å². The molecule has 1 aliphatic carbocycles. The Labute approximate surface area is 200 Å². The number of allylic oxidation sites excluding steroid dienone is 2. The van der Waals surface area contributed by atoms with Crippen LogP contribution in [-0.2, 0) is 28.5 Å². The van der Waals surface area contributed by atoms with E-state index in [9.17, 15) is 19.2 Å². The van der Waals surface area contributed by atoms with Crippen LogP contribution in [0.25, 0.3) is 5.70 Å². The van der Waals surface area contributed by atoms with Gasteiger partial charge < -0.3 is 18.9 Å². The molecule has 0 N–H and O–H groups in total. The molecule has 2 aliphatic rings. The summed E-state index contributed by atoms with van der Waals surface area (Å²) in [6.07, 6.45) is 2.91. The second-order valence-electron chi connectivity index (χ2n) is 7.94. The Morgan fingerprint density at radius 2 is 1.86 bits per heavy atom. The van der Waals surface area contributed by atoms with Crippen LogP contribution in [0.4, 0.5) is 0 Å². The Morgan fingerprint density at radius 1 is 1.11 bits per heavy atom. The van der Waals surface area contributed by atoms with E-state index in [2.05, 4.69) is 10.3 Å². The number of carbonyl (C=O) groups is 4. The van der Waals surface area contributed by atoms with Crippen molar-refractivity contribution in [3.8, 4) is 0 Å². The van der Waals surface area contributed by atoms with Crippen molar-refractivity contribution in [2.75, 3.05) is 6.61 Å². The molecule has 1 unspecified atom stereocenters. The number of benzene rings is 1. The molecule has 0 radical (unpaired) electrons. The molecule has 182 valence electrons. The van der Waals surface area contributed by atoms with E-state index < -0.39 is 36.5 Å². The number of rotatable bonds is 7. The van der Waals surface area contributed by atoms with Gasteiger partial charge in [-0.2, -0.15) is 0 Å². The van der Waals surface area contributed by atoms with Gasteiger partial charge in [0.25, 0.3) is 0 Å². The van der Waals surface area contributed by atoms with Gasteiger partial charge in [0.05, 0.1) is 6.20 Å². The molecule has 1 aromatic heterocycles. The molecule has 0 amide bonds. The highest BCUT2D eigenvalue weighted by Crippen LogP contribution is 2.26. The highest BCUT2D eigenvalue weighted by Gasteiger charge is 2.33. The molecule has 2 heterocycles. The zero-order valence-corrected chi connectivity index (χ0v) is 19.2. The normalized spacial score (nSPS) is 22.3. The minimum atomic E-state index is -0.855. The third-order valence-corrected chi connectivity index (χ3v) is 5.34. The molecular formula is C24H23N3O8. The largest absolute Gasteiger partial charge is 0.463 e. The van der Waals surface area contributed by atoms with Crippen LogP contribution in [-0.4, -0.2) is 63.6 Å². The van der Waals surface area contributed by atoms with E-state index >= 15 is 0 Å². The molecule has 0 fully saturated rings. The van der Waals surface area contributed by atoms with Crippen LogP contribution >= 0.6 is 0 Å². The van der Waals surface area contributed by atoms with E-state index in [0.717, 1.165) is 0 Å². The number of aromatic nitrogens is 3. The highest BCUT2D eigenvalue weighted by atomic mass is 16.7. The minimum Gasteiger partial charge on any atom is -0.463 e. The molecule has 1 aromatic carbocycles. The Bertz CT molecular complexity index is 1230. The standard InChI is InChI=1S/C24H23N3O8/c1-13(33-23-9-8-21(34-15(3)29)22(35-23)12-32-14(2)28)18-11-27(26-25-18)19-10-20(30)16-6-4-5-7-17(16)24(19)31/h4-11,13,21-23H,12H2,1-3H3/t13?,21-,22+,23-/m0/s1. The molecule has 0 saturated carbocycles. The van der Waals surface area contributed by atoms with Gasteiger partial charge in [0.2, 0.25) is 5.78 Å². The molecule has 4 atom stereocenters. The second kappa shape index (κ2) is 10.1. The lowest BCUT2D eigenvalue weighted by atomic mass is 9.93. The fourth-order valence-electron chi connectivity index (χ4n) is 3.66. The SMILES string of the molecule is CC(=O)OC[C@H]1O[C@H](OC(C)c2cn(C3=CC(=O)c4ccccc4C3=O)nn2)C=C[C@@H]1OC(C)=O. The lowest BCUT2D eigenvalue weighted by molar-refractivity contribution is -0.209. The predicted molar refractivity (Wildman–Crippen MR) is 119 cm³/mol. The summed E-state index contributed by atoms with van der Waals surface area (Å²) in [5, 5.41) is 8.06. The van der Waals surface area contributed by atoms with E-state index in [0.29, 0.717) is 16.8 Å². The van der Waals surface area contributed by atoms with E-state index in [-0.39, 0.29) is 23.9 Å². The summed E-state index contributed by atoms with van der Waals surface area (Å²) >= 11 is 0. The van der Waals surface area contributed by atoms with Crippen molar-refractivity contribution in [3.05, 3.63) is 65.5 Å². The van der Waals surface area contributed by atoms with Crippen LogP contribution < -0.4 is 0 Å². The molecule has 4 rings (SSSR count). The molecular weight excluding hydrogens is 458 g/mol. The number of hydrogen-bond acceptors (Lipinski definition) is 10. The molecule has 1 aliphatic heterocycles. The molecule has 35 heavy (non-hydrogen) atoms. The smallest absolute Gasteiger partial charge is 0.303 e. The molecule has 2 aromatic rings. The average molecular weight is 481 g/mol. The Morgan fingerprint density at radius 3 is 2.57 bits per heavy atom. The maximum absolute atomic E-state index is 12.9. The summed E-state index contributed by atoms with van der Waals surface area (Å²) in [7, 11) is 0. The van der Waals surface area contributed by atoms with Gasteiger partial charge in [-0.05, 0) is 19.1 Å². The van der Waals surface area contributed by atoms with Gasteiger partial charge in [-0.3, -0.25) is 19.2 Å². The molecule has 11 heteroatoms. The van der Waals surface area contributed by atoms with E-state index in [4.69, 9.17) is 18.9 Å². The Balaban J connectivity index is 1.46. The third kappa shape index (κ3) is 5.42. The van der Waals surface area contributed by atoms with Crippen LogP contribution in [0, 0.1) is 0 Å². The predicted octanol–water partition coefficient (Wildman–Crippen LogP) is 2.05. The van der Waals surface area contributed by atoms with Crippen molar-refractivity contribution in [3.63, 3.8) is 0 Å². The Hall–Kier alpha value is -3.96. The highest BCUT2D eigenvalue weighted by molar-refractivity contribution is 6.35. The van der Waals surface area contributed by atoms with Crippen molar-refractivity contribution in [2.45, 2.75) is 45.4 Å². The van der Waals surface area contributed by atoms with Gasteiger partial charge in [0, 0.05) is 31.1 Å². The molecule has 0 saturated heterocycles. The van der Waals surface area contributed by atoms with Gasteiger partial charge in [-0.15, -0.1) is 5.10 Å². The van der Waals surface area contributed by atoms with Crippen molar-refractivity contribution in [1.82, 2.24) is 15.0 Å². The van der Waals surface area contributed by atoms with Crippen LogP contribution in [0.2, 0.25) is 0 Å². The number of nitrogens with zero attached hydrogens (tertiary/aromatic N) is 3. The van der Waals surface area contributed by atoms with Crippen LogP contribution in [0.1, 0.15) is 53.3 Å². The summed E-state index contributed by atoms with van der Waals surface area (Å²) in [4.78, 5) is 47.9. The van der Waals surface area contributed by atoms with Crippen molar-refractivity contribution < 1.29 is 38.1 Å². The summed E-state index contributed by atoms with van der Waals surface area (Å²) in [6.45, 7) is 4.11. The summed E-state index contributed by atoms with van der Waals surface area (Å²) in [5.74, 6) is -1.64. The fraction of sp³-hybridized carbons (Fsp3) is 0.333. The van der Waals surface area contributed by atoms with Crippen LogP contribution in [0.5, 0.6) is 0 Å². The zero-order valence-electron chi connectivity index (χ0n) is 19.2. The van der Waals surface area contributed by atoms with E-state index in [1.807, 2.05) is 0 Å². The van der Waals surface area contributed by atoms with E-state index in [1.165, 1.54) is 30.8 Å². The average Bonchev–Trinajstić information content (AvgIpc) is 3.31. The fourth-order valence-corrected chi connectivity index (χ4v) is 3.66. The van der Waals surface area contributed by atoms with Gasteiger partial charge in [0.1, 0.15) is 36.3 Å².